The molecule has 0 aromatic rings. The summed E-state index contributed by atoms with van der Waals surface area (Å²) in [6.45, 7) is 12.8. The van der Waals surface area contributed by atoms with Crippen molar-refractivity contribution >= 4 is 5.91 Å². The van der Waals surface area contributed by atoms with Gasteiger partial charge in [-0.15, -0.1) is 0 Å². The second-order valence-corrected chi connectivity index (χ2v) is 4.68. The highest BCUT2D eigenvalue weighted by molar-refractivity contribution is 5.86. The molecule has 0 spiro atoms. The molecule has 0 bridgehead atoms. The van der Waals surface area contributed by atoms with Crippen molar-refractivity contribution < 1.29 is 14.3 Å². The Kier molecular flexibility index (Phi) is 8.72. The van der Waals surface area contributed by atoms with Crippen LogP contribution in [0.1, 0.15) is 27.2 Å². The van der Waals surface area contributed by atoms with Crippen LogP contribution >= 0.6 is 0 Å². The van der Waals surface area contributed by atoms with Crippen molar-refractivity contribution in [1.82, 2.24) is 5.32 Å². The molecule has 0 saturated carbocycles. The van der Waals surface area contributed by atoms with Crippen molar-refractivity contribution in [3.05, 3.63) is 12.7 Å². The predicted octanol–water partition coefficient (Wildman–Crippen LogP) is 1.76. The summed E-state index contributed by atoms with van der Waals surface area (Å²) in [7, 11) is 0. The normalized spacial score (nSPS) is 11.2. The van der Waals surface area contributed by atoms with Crippen LogP contribution in [-0.4, -0.2) is 38.9 Å². The van der Waals surface area contributed by atoms with Crippen LogP contribution in [0.3, 0.4) is 0 Å². The SMILES string of the molecule is C=CC(=O)NCCOCCOCC(C)(C)CC. The summed E-state index contributed by atoms with van der Waals surface area (Å²) in [5.74, 6) is -0.172. The average molecular weight is 243 g/mol. The quantitative estimate of drug-likeness (QED) is 0.470. The van der Waals surface area contributed by atoms with E-state index in [-0.39, 0.29) is 11.3 Å². The molecule has 17 heavy (non-hydrogen) atoms. The summed E-state index contributed by atoms with van der Waals surface area (Å²) in [5.41, 5.74) is 0.234. The summed E-state index contributed by atoms with van der Waals surface area (Å²) < 4.78 is 10.8. The Labute approximate surface area is 104 Å². The van der Waals surface area contributed by atoms with Crippen molar-refractivity contribution in [3.8, 4) is 0 Å². The Morgan fingerprint density at radius 2 is 1.94 bits per heavy atom. The fourth-order valence-electron chi connectivity index (χ4n) is 0.989. The predicted molar refractivity (Wildman–Crippen MR) is 68.9 cm³/mol. The number of amides is 1. The molecule has 0 unspecified atom stereocenters. The van der Waals surface area contributed by atoms with Crippen LogP contribution in [0.25, 0.3) is 0 Å². The van der Waals surface area contributed by atoms with E-state index in [0.717, 1.165) is 13.0 Å². The van der Waals surface area contributed by atoms with Gasteiger partial charge in [0.25, 0.3) is 0 Å². The lowest BCUT2D eigenvalue weighted by molar-refractivity contribution is -0.116. The zero-order valence-corrected chi connectivity index (χ0v) is 11.3. The first kappa shape index (κ1) is 16.1. The summed E-state index contributed by atoms with van der Waals surface area (Å²) in [6, 6.07) is 0. The van der Waals surface area contributed by atoms with E-state index < -0.39 is 0 Å². The van der Waals surface area contributed by atoms with Gasteiger partial charge >= 0.3 is 0 Å². The minimum absolute atomic E-state index is 0.172. The van der Waals surface area contributed by atoms with E-state index in [2.05, 4.69) is 32.7 Å². The van der Waals surface area contributed by atoms with Gasteiger partial charge in [-0.1, -0.05) is 27.4 Å². The van der Waals surface area contributed by atoms with Crippen molar-refractivity contribution in [1.29, 1.82) is 0 Å². The van der Waals surface area contributed by atoms with Crippen molar-refractivity contribution in [2.75, 3.05) is 33.0 Å². The molecule has 0 aliphatic heterocycles. The standard InChI is InChI=1S/C13H25NO3/c1-5-12(15)14-7-8-16-9-10-17-11-13(3,4)6-2/h5H,1,6-11H2,2-4H3,(H,14,15). The fourth-order valence-corrected chi connectivity index (χ4v) is 0.989. The van der Waals surface area contributed by atoms with Crippen molar-refractivity contribution in [2.24, 2.45) is 5.41 Å². The maximum Gasteiger partial charge on any atom is 0.243 e. The van der Waals surface area contributed by atoms with Crippen molar-refractivity contribution in [3.63, 3.8) is 0 Å². The van der Waals surface area contributed by atoms with Gasteiger partial charge in [-0.25, -0.2) is 0 Å². The number of rotatable bonds is 10. The highest BCUT2D eigenvalue weighted by Crippen LogP contribution is 2.19. The number of hydrogen-bond donors (Lipinski definition) is 1. The molecule has 0 rings (SSSR count). The molecular weight excluding hydrogens is 218 g/mol. The van der Waals surface area contributed by atoms with E-state index in [0.29, 0.717) is 26.4 Å². The van der Waals surface area contributed by atoms with Crippen LogP contribution in [-0.2, 0) is 14.3 Å². The van der Waals surface area contributed by atoms with E-state index in [1.54, 1.807) is 0 Å². The van der Waals surface area contributed by atoms with Crippen LogP contribution in [0.5, 0.6) is 0 Å². The molecular formula is C13H25NO3. The van der Waals surface area contributed by atoms with E-state index in [1.807, 2.05) is 0 Å². The maximum absolute atomic E-state index is 10.8. The third kappa shape index (κ3) is 10.0. The largest absolute Gasteiger partial charge is 0.379 e. The van der Waals surface area contributed by atoms with E-state index in [1.165, 1.54) is 6.08 Å². The molecule has 1 N–H and O–H groups in total. The van der Waals surface area contributed by atoms with Gasteiger partial charge in [-0.3, -0.25) is 4.79 Å². The second-order valence-electron chi connectivity index (χ2n) is 4.68. The average Bonchev–Trinajstić information content (AvgIpc) is 2.32. The van der Waals surface area contributed by atoms with Crippen LogP contribution in [0.4, 0.5) is 0 Å². The zero-order chi connectivity index (χ0) is 13.1. The number of ether oxygens (including phenoxy) is 2. The summed E-state index contributed by atoms with van der Waals surface area (Å²) in [6.07, 6.45) is 2.34. The number of carbonyl (C=O) groups excluding carboxylic acids is 1. The minimum Gasteiger partial charge on any atom is -0.379 e. The molecule has 100 valence electrons. The second kappa shape index (κ2) is 9.19. The third-order valence-electron chi connectivity index (χ3n) is 2.55. The Morgan fingerprint density at radius 3 is 2.53 bits per heavy atom. The van der Waals surface area contributed by atoms with Gasteiger partial charge in [0.05, 0.1) is 26.4 Å². The molecule has 0 heterocycles. The van der Waals surface area contributed by atoms with Gasteiger partial charge in [0.15, 0.2) is 0 Å². The van der Waals surface area contributed by atoms with E-state index >= 15 is 0 Å². The minimum atomic E-state index is -0.172. The zero-order valence-electron chi connectivity index (χ0n) is 11.3. The molecule has 0 saturated heterocycles. The van der Waals surface area contributed by atoms with E-state index in [4.69, 9.17) is 9.47 Å². The maximum atomic E-state index is 10.8. The molecule has 4 nitrogen and oxygen atoms in total. The van der Waals surface area contributed by atoms with Crippen LogP contribution in [0.15, 0.2) is 12.7 Å². The lowest BCUT2D eigenvalue weighted by atomic mass is 9.92. The van der Waals surface area contributed by atoms with Gasteiger partial charge in [0.1, 0.15) is 0 Å². The molecule has 0 aromatic carbocycles. The van der Waals surface area contributed by atoms with Gasteiger partial charge in [-0.2, -0.15) is 0 Å². The molecule has 4 heteroatoms. The molecule has 0 aliphatic rings. The Hall–Kier alpha value is -0.870. The summed E-state index contributed by atoms with van der Waals surface area (Å²) >= 11 is 0. The van der Waals surface area contributed by atoms with Gasteiger partial charge in [0, 0.05) is 6.54 Å². The molecule has 0 aromatic heterocycles. The lowest BCUT2D eigenvalue weighted by Crippen LogP contribution is -2.26. The lowest BCUT2D eigenvalue weighted by Gasteiger charge is -2.22. The van der Waals surface area contributed by atoms with Gasteiger partial charge in [0.2, 0.25) is 5.91 Å². The first-order chi connectivity index (χ1) is 8.02. The first-order valence-electron chi connectivity index (χ1n) is 6.07. The van der Waals surface area contributed by atoms with Crippen LogP contribution in [0.2, 0.25) is 0 Å². The summed E-state index contributed by atoms with van der Waals surface area (Å²) in [5, 5.41) is 2.63. The topological polar surface area (TPSA) is 47.6 Å². The molecule has 0 radical (unpaired) electrons. The number of carbonyl (C=O) groups is 1. The summed E-state index contributed by atoms with van der Waals surface area (Å²) in [4.78, 5) is 10.8. The fraction of sp³-hybridized carbons (Fsp3) is 0.769. The van der Waals surface area contributed by atoms with Crippen LogP contribution in [0, 0.1) is 5.41 Å². The third-order valence-corrected chi connectivity index (χ3v) is 2.55. The van der Waals surface area contributed by atoms with Gasteiger partial charge < -0.3 is 14.8 Å². The molecule has 0 aliphatic carbocycles. The first-order valence-corrected chi connectivity index (χ1v) is 6.07. The van der Waals surface area contributed by atoms with E-state index in [9.17, 15) is 4.79 Å². The highest BCUT2D eigenvalue weighted by Gasteiger charge is 2.14. The molecule has 0 fully saturated rings. The number of hydrogen-bond acceptors (Lipinski definition) is 3. The van der Waals surface area contributed by atoms with Crippen molar-refractivity contribution in [2.45, 2.75) is 27.2 Å². The Balaban J connectivity index is 3.24. The number of nitrogens with one attached hydrogen (secondary N) is 1. The Morgan fingerprint density at radius 1 is 1.29 bits per heavy atom. The monoisotopic (exact) mass is 243 g/mol. The van der Waals surface area contributed by atoms with Gasteiger partial charge in [-0.05, 0) is 17.9 Å². The molecule has 0 atom stereocenters. The smallest absolute Gasteiger partial charge is 0.243 e. The highest BCUT2D eigenvalue weighted by atomic mass is 16.5. The Bertz CT molecular complexity index is 227. The molecule has 1 amide bonds. The van der Waals surface area contributed by atoms with Crippen LogP contribution < -0.4 is 5.32 Å².